The molecule has 0 aliphatic heterocycles. The topological polar surface area (TPSA) is 0 Å². The maximum Gasteiger partial charge on any atom is 0.0280 e. The molecule has 0 aromatic carbocycles. The van der Waals surface area contributed by atoms with Crippen LogP contribution in [0, 0.1) is 23.2 Å². The van der Waals surface area contributed by atoms with Crippen LogP contribution < -0.4 is 0 Å². The van der Waals surface area contributed by atoms with Gasteiger partial charge in [-0.1, -0.05) is 19.3 Å². The monoisotopic (exact) mass is 226 g/mol. The van der Waals surface area contributed by atoms with Crippen molar-refractivity contribution < 1.29 is 0 Å². The van der Waals surface area contributed by atoms with E-state index >= 15 is 0 Å². The van der Waals surface area contributed by atoms with E-state index in [2.05, 4.69) is 0 Å². The van der Waals surface area contributed by atoms with Crippen LogP contribution in [0.4, 0.5) is 0 Å². The summed E-state index contributed by atoms with van der Waals surface area (Å²) in [5, 5.41) is 0. The second-order valence-corrected chi connectivity index (χ2v) is 6.75. The number of fused-ring (bicyclic) bond motifs is 2. The molecule has 0 nitrogen and oxygen atoms in total. The SMILES string of the molecule is ClCC1(CC2CC3CCC2C3)CCCC1. The van der Waals surface area contributed by atoms with Crippen LogP contribution in [-0.4, -0.2) is 5.88 Å². The number of hydrogen-bond acceptors (Lipinski definition) is 0. The first-order chi connectivity index (χ1) is 7.31. The molecule has 3 saturated carbocycles. The van der Waals surface area contributed by atoms with Crippen molar-refractivity contribution in [2.75, 3.05) is 5.88 Å². The van der Waals surface area contributed by atoms with Crippen LogP contribution in [0.5, 0.6) is 0 Å². The summed E-state index contributed by atoms with van der Waals surface area (Å²) in [5.41, 5.74) is 0.566. The summed E-state index contributed by atoms with van der Waals surface area (Å²) in [6, 6.07) is 0. The molecule has 0 amide bonds. The van der Waals surface area contributed by atoms with Gasteiger partial charge in [0.1, 0.15) is 0 Å². The summed E-state index contributed by atoms with van der Waals surface area (Å²) < 4.78 is 0. The number of alkyl halides is 1. The Hall–Kier alpha value is 0.290. The number of hydrogen-bond donors (Lipinski definition) is 0. The van der Waals surface area contributed by atoms with Gasteiger partial charge in [0.2, 0.25) is 0 Å². The standard InChI is InChI=1S/C14H23Cl/c15-10-14(5-1-2-6-14)9-13-8-11-3-4-12(13)7-11/h11-13H,1-10H2. The third-order valence-corrected chi connectivity index (χ3v) is 6.09. The predicted octanol–water partition coefficient (Wildman–Crippen LogP) is 4.61. The maximum atomic E-state index is 6.25. The second-order valence-electron chi connectivity index (χ2n) is 6.48. The second kappa shape index (κ2) is 3.95. The molecule has 1 heteroatoms. The van der Waals surface area contributed by atoms with Crippen molar-refractivity contribution in [1.82, 2.24) is 0 Å². The molecule has 3 rings (SSSR count). The highest BCUT2D eigenvalue weighted by Crippen LogP contribution is 2.54. The lowest BCUT2D eigenvalue weighted by Gasteiger charge is -2.33. The molecule has 0 heterocycles. The van der Waals surface area contributed by atoms with Gasteiger partial charge in [-0.3, -0.25) is 0 Å². The fourth-order valence-corrected chi connectivity index (χ4v) is 5.08. The summed E-state index contributed by atoms with van der Waals surface area (Å²) in [5.74, 6) is 4.19. The van der Waals surface area contributed by atoms with Crippen LogP contribution in [0.1, 0.15) is 57.8 Å². The Kier molecular flexibility index (Phi) is 2.75. The first-order valence-electron chi connectivity index (χ1n) is 6.87. The van der Waals surface area contributed by atoms with Gasteiger partial charge in [-0.05, 0) is 61.7 Å². The van der Waals surface area contributed by atoms with Crippen LogP contribution in [0.3, 0.4) is 0 Å². The van der Waals surface area contributed by atoms with Crippen LogP contribution in [0.25, 0.3) is 0 Å². The quantitative estimate of drug-likeness (QED) is 0.617. The van der Waals surface area contributed by atoms with Gasteiger partial charge < -0.3 is 0 Å². The van der Waals surface area contributed by atoms with Crippen molar-refractivity contribution in [3.63, 3.8) is 0 Å². The van der Waals surface area contributed by atoms with Gasteiger partial charge in [0.25, 0.3) is 0 Å². The van der Waals surface area contributed by atoms with Gasteiger partial charge in [0.05, 0.1) is 0 Å². The van der Waals surface area contributed by atoms with E-state index in [0.29, 0.717) is 5.41 Å². The summed E-state index contributed by atoms with van der Waals surface area (Å²) >= 11 is 6.25. The predicted molar refractivity (Wildman–Crippen MR) is 65.2 cm³/mol. The third-order valence-electron chi connectivity index (χ3n) is 5.53. The van der Waals surface area contributed by atoms with E-state index in [1.165, 1.54) is 44.9 Å². The van der Waals surface area contributed by atoms with E-state index in [1.807, 2.05) is 0 Å². The molecule has 3 fully saturated rings. The van der Waals surface area contributed by atoms with E-state index in [-0.39, 0.29) is 0 Å². The maximum absolute atomic E-state index is 6.25. The van der Waals surface area contributed by atoms with Crippen LogP contribution in [0.2, 0.25) is 0 Å². The van der Waals surface area contributed by atoms with Crippen molar-refractivity contribution >= 4 is 11.6 Å². The normalized spacial score (nSPS) is 42.6. The van der Waals surface area contributed by atoms with Gasteiger partial charge in [-0.2, -0.15) is 0 Å². The number of rotatable bonds is 3. The third kappa shape index (κ3) is 1.84. The van der Waals surface area contributed by atoms with Gasteiger partial charge >= 0.3 is 0 Å². The number of halogens is 1. The Labute approximate surface area is 98.8 Å². The molecule has 0 radical (unpaired) electrons. The first-order valence-corrected chi connectivity index (χ1v) is 7.41. The molecule has 86 valence electrons. The van der Waals surface area contributed by atoms with Gasteiger partial charge in [-0.25, -0.2) is 0 Å². The van der Waals surface area contributed by atoms with E-state index in [9.17, 15) is 0 Å². The molecule has 2 bridgehead atoms. The largest absolute Gasteiger partial charge is 0.126 e. The molecule has 15 heavy (non-hydrogen) atoms. The average Bonchev–Trinajstić information content (AvgIpc) is 2.93. The van der Waals surface area contributed by atoms with Crippen LogP contribution >= 0.6 is 11.6 Å². The zero-order valence-electron chi connectivity index (χ0n) is 9.68. The summed E-state index contributed by atoms with van der Waals surface area (Å²) in [7, 11) is 0. The van der Waals surface area contributed by atoms with Crippen molar-refractivity contribution in [2.24, 2.45) is 23.2 Å². The Balaban J connectivity index is 1.64. The van der Waals surface area contributed by atoms with Crippen molar-refractivity contribution in [3.05, 3.63) is 0 Å². The lowest BCUT2D eigenvalue weighted by atomic mass is 9.74. The van der Waals surface area contributed by atoms with Crippen molar-refractivity contribution in [1.29, 1.82) is 0 Å². The molecule has 3 atom stereocenters. The fraction of sp³-hybridized carbons (Fsp3) is 1.00. The zero-order chi connectivity index (χ0) is 10.3. The van der Waals surface area contributed by atoms with Gasteiger partial charge in [0, 0.05) is 5.88 Å². The molecule has 3 unspecified atom stereocenters. The van der Waals surface area contributed by atoms with Crippen LogP contribution in [-0.2, 0) is 0 Å². The Morgan fingerprint density at radius 2 is 1.87 bits per heavy atom. The molecule has 0 aromatic heterocycles. The average molecular weight is 227 g/mol. The molecular weight excluding hydrogens is 204 g/mol. The minimum absolute atomic E-state index is 0.566. The smallest absolute Gasteiger partial charge is 0.0280 e. The lowest BCUT2D eigenvalue weighted by molar-refractivity contribution is 0.198. The van der Waals surface area contributed by atoms with Crippen molar-refractivity contribution in [2.45, 2.75) is 57.8 Å². The zero-order valence-corrected chi connectivity index (χ0v) is 10.4. The van der Waals surface area contributed by atoms with Gasteiger partial charge in [0.15, 0.2) is 0 Å². The summed E-state index contributed by atoms with van der Waals surface area (Å²) in [4.78, 5) is 0. The van der Waals surface area contributed by atoms with E-state index < -0.39 is 0 Å². The molecule has 3 aliphatic rings. The van der Waals surface area contributed by atoms with Crippen LogP contribution in [0.15, 0.2) is 0 Å². The highest BCUT2D eigenvalue weighted by atomic mass is 35.5. The Morgan fingerprint density at radius 3 is 2.40 bits per heavy atom. The Bertz CT molecular complexity index is 229. The van der Waals surface area contributed by atoms with E-state index in [1.54, 1.807) is 12.8 Å². The molecule has 0 saturated heterocycles. The minimum Gasteiger partial charge on any atom is -0.126 e. The van der Waals surface area contributed by atoms with Gasteiger partial charge in [-0.15, -0.1) is 11.6 Å². The summed E-state index contributed by atoms with van der Waals surface area (Å²) in [6.45, 7) is 0. The highest BCUT2D eigenvalue weighted by molar-refractivity contribution is 6.18. The lowest BCUT2D eigenvalue weighted by Crippen LogP contribution is -2.25. The molecule has 3 aliphatic carbocycles. The molecule has 0 aromatic rings. The minimum atomic E-state index is 0.566. The highest BCUT2D eigenvalue weighted by Gasteiger charge is 2.44. The molecule has 0 N–H and O–H groups in total. The summed E-state index contributed by atoms with van der Waals surface area (Å²) in [6.07, 6.45) is 13.4. The molecular formula is C14H23Cl. The Morgan fingerprint density at radius 1 is 1.07 bits per heavy atom. The molecule has 0 spiro atoms. The van der Waals surface area contributed by atoms with Crippen molar-refractivity contribution in [3.8, 4) is 0 Å². The van der Waals surface area contributed by atoms with E-state index in [0.717, 1.165) is 23.6 Å². The fourth-order valence-electron chi connectivity index (χ4n) is 4.70. The van der Waals surface area contributed by atoms with E-state index in [4.69, 9.17) is 11.6 Å². The first kappa shape index (κ1) is 10.4.